The van der Waals surface area contributed by atoms with E-state index in [0.29, 0.717) is 16.9 Å². The summed E-state index contributed by atoms with van der Waals surface area (Å²) in [5.74, 6) is 0.0151. The smallest absolute Gasteiger partial charge is 0.162 e. The Morgan fingerprint density at radius 2 is 1.92 bits per heavy atom. The van der Waals surface area contributed by atoms with Crippen LogP contribution in [0, 0.1) is 0 Å². The number of nitrogens with zero attached hydrogens (tertiary/aromatic N) is 2. The van der Waals surface area contributed by atoms with Crippen molar-refractivity contribution in [2.75, 3.05) is 25.4 Å². The molecule has 1 aliphatic heterocycles. The first-order chi connectivity index (χ1) is 13.9. The SMILES string of the molecule is Cl.[2H]C([2H])([2H])N([C@@H](C)CN1c2ccccc2Sc2ccc(C(=O)CC)cc21)C([2H])([2H])[2H]. The lowest BCUT2D eigenvalue weighted by atomic mass is 10.1. The number of carbonyl (C=O) groups excluding carboxylic acids is 1. The highest BCUT2D eigenvalue weighted by Gasteiger charge is 2.25. The van der Waals surface area contributed by atoms with Crippen molar-refractivity contribution in [3.05, 3.63) is 48.0 Å². The molecular weight excluding hydrogens is 352 g/mol. The Kier molecular flexibility index (Phi) is 4.23. The predicted molar refractivity (Wildman–Crippen MR) is 109 cm³/mol. The van der Waals surface area contributed by atoms with Gasteiger partial charge in [-0.3, -0.25) is 4.79 Å². The monoisotopic (exact) mass is 382 g/mol. The molecule has 0 unspecified atom stereocenters. The van der Waals surface area contributed by atoms with Crippen LogP contribution in [0.2, 0.25) is 0 Å². The Morgan fingerprint density at radius 3 is 2.64 bits per heavy atom. The number of Topliss-reactive ketones (excluding diaryl/α,β-unsaturated/α-hetero) is 1. The van der Waals surface area contributed by atoms with Gasteiger partial charge in [0.2, 0.25) is 0 Å². The third-order valence-electron chi connectivity index (χ3n) is 4.16. The van der Waals surface area contributed by atoms with Crippen molar-refractivity contribution in [3.8, 4) is 0 Å². The molecule has 2 aromatic carbocycles. The van der Waals surface area contributed by atoms with E-state index in [1.165, 1.54) is 0 Å². The Balaban J connectivity index is 0.00000341. The van der Waals surface area contributed by atoms with Crippen molar-refractivity contribution in [2.24, 2.45) is 0 Å². The zero-order valence-corrected chi connectivity index (χ0v) is 15.8. The van der Waals surface area contributed by atoms with Crippen molar-refractivity contribution in [1.29, 1.82) is 0 Å². The molecule has 3 nitrogen and oxygen atoms in total. The molecule has 5 heteroatoms. The molecule has 0 spiro atoms. The van der Waals surface area contributed by atoms with Crippen LogP contribution in [0.4, 0.5) is 11.4 Å². The van der Waals surface area contributed by atoms with E-state index in [0.717, 1.165) is 21.2 Å². The second-order valence-electron chi connectivity index (χ2n) is 5.86. The molecule has 0 radical (unpaired) electrons. The van der Waals surface area contributed by atoms with Crippen LogP contribution < -0.4 is 4.90 Å². The lowest BCUT2D eigenvalue weighted by Crippen LogP contribution is -2.37. The molecule has 0 saturated heterocycles. The molecule has 1 heterocycles. The van der Waals surface area contributed by atoms with E-state index in [-0.39, 0.29) is 24.7 Å². The molecule has 1 aliphatic rings. The van der Waals surface area contributed by atoms with Crippen LogP contribution in [0.1, 0.15) is 38.9 Å². The minimum atomic E-state index is -2.77. The first kappa shape index (κ1) is 12.8. The van der Waals surface area contributed by atoms with Gasteiger partial charge in [-0.15, -0.1) is 12.4 Å². The van der Waals surface area contributed by atoms with Gasteiger partial charge in [-0.1, -0.05) is 36.9 Å². The van der Waals surface area contributed by atoms with Crippen LogP contribution in [-0.4, -0.2) is 37.2 Å². The largest absolute Gasteiger partial charge is 0.338 e. The molecule has 0 bridgehead atoms. The molecule has 0 saturated carbocycles. The Bertz CT molecular complexity index is 936. The number of para-hydroxylation sites is 1. The van der Waals surface area contributed by atoms with Gasteiger partial charge in [0, 0.05) is 42.6 Å². The maximum absolute atomic E-state index is 12.3. The molecule has 2 aromatic rings. The molecule has 0 aromatic heterocycles. The highest BCUT2D eigenvalue weighted by molar-refractivity contribution is 7.99. The average molecular weight is 383 g/mol. The van der Waals surface area contributed by atoms with Crippen LogP contribution in [0.5, 0.6) is 0 Å². The summed E-state index contributed by atoms with van der Waals surface area (Å²) < 4.78 is 46.4. The van der Waals surface area contributed by atoms with E-state index < -0.39 is 20.0 Å². The molecule has 25 heavy (non-hydrogen) atoms. The topological polar surface area (TPSA) is 23.6 Å². The Labute approximate surface area is 169 Å². The number of fused-ring (bicyclic) bond motifs is 2. The molecule has 0 aliphatic carbocycles. The lowest BCUT2D eigenvalue weighted by Gasteiger charge is -2.36. The zero-order chi connectivity index (χ0) is 22.3. The normalized spacial score (nSPS) is 18.3. The predicted octanol–water partition coefficient (Wildman–Crippen LogP) is 5.25. The fourth-order valence-corrected chi connectivity index (χ4v) is 3.83. The Hall–Kier alpha value is -1.49. The van der Waals surface area contributed by atoms with E-state index in [2.05, 4.69) is 0 Å². The van der Waals surface area contributed by atoms with E-state index >= 15 is 0 Å². The highest BCUT2D eigenvalue weighted by Crippen LogP contribution is 2.48. The summed E-state index contributed by atoms with van der Waals surface area (Å²) >= 11 is 1.57. The van der Waals surface area contributed by atoms with Gasteiger partial charge in [0.15, 0.2) is 5.78 Å². The summed E-state index contributed by atoms with van der Waals surface area (Å²) in [6, 6.07) is 12.4. The lowest BCUT2D eigenvalue weighted by molar-refractivity contribution is 0.0988. The first-order valence-electron chi connectivity index (χ1n) is 10.9. The van der Waals surface area contributed by atoms with Gasteiger partial charge >= 0.3 is 0 Å². The average Bonchev–Trinajstić information content (AvgIpc) is 2.64. The third kappa shape index (κ3) is 4.02. The van der Waals surface area contributed by atoms with Crippen molar-refractivity contribution in [1.82, 2.24) is 4.90 Å². The minimum absolute atomic E-state index is 0. The molecular formula is C20H25ClN2OS. The van der Waals surface area contributed by atoms with E-state index in [4.69, 9.17) is 8.22 Å². The fourth-order valence-electron chi connectivity index (χ4n) is 2.75. The summed E-state index contributed by atoms with van der Waals surface area (Å²) in [6.45, 7) is -1.99. The number of hydrogen-bond donors (Lipinski definition) is 0. The summed E-state index contributed by atoms with van der Waals surface area (Å²) in [4.78, 5) is 16.7. The molecule has 0 fully saturated rings. The number of rotatable bonds is 5. The minimum Gasteiger partial charge on any atom is -0.338 e. The van der Waals surface area contributed by atoms with Crippen LogP contribution in [0.3, 0.4) is 0 Å². The van der Waals surface area contributed by atoms with Crippen molar-refractivity contribution >= 4 is 41.3 Å². The van der Waals surface area contributed by atoms with Crippen LogP contribution in [0.15, 0.2) is 52.3 Å². The van der Waals surface area contributed by atoms with Crippen molar-refractivity contribution < 1.29 is 13.0 Å². The number of carbonyl (C=O) groups is 1. The number of ketones is 1. The quantitative estimate of drug-likeness (QED) is 0.658. The second-order valence-corrected chi connectivity index (χ2v) is 6.94. The molecule has 1 atom stereocenters. The summed E-state index contributed by atoms with van der Waals surface area (Å²) in [5.41, 5.74) is 2.22. The number of hydrogen-bond acceptors (Lipinski definition) is 4. The summed E-state index contributed by atoms with van der Waals surface area (Å²) in [6.07, 6.45) is 0.380. The number of halogens is 1. The van der Waals surface area contributed by atoms with Crippen LogP contribution in [-0.2, 0) is 0 Å². The van der Waals surface area contributed by atoms with Crippen LogP contribution in [0.25, 0.3) is 0 Å². The number of anilines is 2. The summed E-state index contributed by atoms with van der Waals surface area (Å²) in [7, 11) is 0. The van der Waals surface area contributed by atoms with E-state index in [9.17, 15) is 4.79 Å². The van der Waals surface area contributed by atoms with Gasteiger partial charge in [0.25, 0.3) is 0 Å². The highest BCUT2D eigenvalue weighted by atomic mass is 35.5. The summed E-state index contributed by atoms with van der Waals surface area (Å²) in [5, 5.41) is 0. The van der Waals surface area contributed by atoms with Crippen molar-refractivity contribution in [2.45, 2.75) is 36.1 Å². The van der Waals surface area contributed by atoms with E-state index in [1.807, 2.05) is 41.3 Å². The molecule has 0 amide bonds. The number of benzene rings is 2. The van der Waals surface area contributed by atoms with Gasteiger partial charge in [0.1, 0.15) is 0 Å². The van der Waals surface area contributed by atoms with E-state index in [1.54, 1.807) is 31.7 Å². The van der Waals surface area contributed by atoms with Crippen LogP contribution >= 0.6 is 24.2 Å². The van der Waals surface area contributed by atoms with Crippen molar-refractivity contribution in [3.63, 3.8) is 0 Å². The standard InChI is InChI=1S/C20H24N2OS.ClH/c1-5-18(23)15-10-11-20-17(12-15)22(13-14(2)21(3)4)16-8-6-7-9-19(16)24-20;/h6-12,14H,5,13H2,1-4H3;1H/t14-;/m0./s1/i3D3,4D3;. The molecule has 134 valence electrons. The van der Waals surface area contributed by atoms with Gasteiger partial charge in [0.05, 0.1) is 11.4 Å². The third-order valence-corrected chi connectivity index (χ3v) is 5.29. The number of likely N-dealkylation sites (N-methyl/N-ethyl adjacent to an activating group) is 1. The zero-order valence-electron chi connectivity index (χ0n) is 20.2. The maximum atomic E-state index is 12.3. The van der Waals surface area contributed by atoms with Gasteiger partial charge in [-0.05, 0) is 45.1 Å². The fraction of sp³-hybridized carbons (Fsp3) is 0.350. The maximum Gasteiger partial charge on any atom is 0.162 e. The molecule has 3 rings (SSSR count). The second kappa shape index (κ2) is 8.26. The molecule has 0 N–H and O–H groups in total. The van der Waals surface area contributed by atoms with Gasteiger partial charge in [-0.2, -0.15) is 0 Å². The first-order valence-corrected chi connectivity index (χ1v) is 8.76. The van der Waals surface area contributed by atoms with Gasteiger partial charge in [-0.25, -0.2) is 0 Å². The Morgan fingerprint density at radius 1 is 1.20 bits per heavy atom. The van der Waals surface area contributed by atoms with Gasteiger partial charge < -0.3 is 9.80 Å².